The number of hydrogen-bond acceptors (Lipinski definition) is 3. The first-order valence-electron chi connectivity index (χ1n) is 7.66. The molecule has 0 atom stereocenters. The number of hydrogen-bond donors (Lipinski definition) is 1. The van der Waals surface area contributed by atoms with Gasteiger partial charge >= 0.3 is 11.9 Å². The highest BCUT2D eigenvalue weighted by atomic mass is 79.9. The fourth-order valence-corrected chi connectivity index (χ4v) is 2.75. The molecule has 1 aromatic heterocycles. The molecule has 0 aliphatic heterocycles. The summed E-state index contributed by atoms with van der Waals surface area (Å²) in [5.74, 6) is 0.259. The van der Waals surface area contributed by atoms with Crippen molar-refractivity contribution in [3.8, 4) is 0 Å². The number of nitrogens with two attached hydrogens (primary N) is 1. The van der Waals surface area contributed by atoms with Gasteiger partial charge in [-0.3, -0.25) is 5.73 Å². The molecule has 2 aromatic carbocycles. The molecule has 6 heteroatoms. The van der Waals surface area contributed by atoms with Gasteiger partial charge in [-0.1, -0.05) is 42.5 Å². The number of nitrogen functional groups attached to an aromatic ring is 1. The monoisotopic (exact) mass is 390 g/mol. The molecular formula is C18H21BrN3O2+. The van der Waals surface area contributed by atoms with Crippen molar-refractivity contribution in [1.82, 2.24) is 4.57 Å². The second-order valence-corrected chi connectivity index (χ2v) is 5.31. The summed E-state index contributed by atoms with van der Waals surface area (Å²) >= 11 is 0. The van der Waals surface area contributed by atoms with Crippen LogP contribution in [0.15, 0.2) is 54.6 Å². The van der Waals surface area contributed by atoms with Gasteiger partial charge in [-0.2, -0.15) is 0 Å². The van der Waals surface area contributed by atoms with Crippen LogP contribution in [-0.4, -0.2) is 17.1 Å². The lowest BCUT2D eigenvalue weighted by Crippen LogP contribution is -2.37. The van der Waals surface area contributed by atoms with Crippen LogP contribution < -0.4 is 10.3 Å². The zero-order valence-corrected chi connectivity index (χ0v) is 15.2. The highest BCUT2D eigenvalue weighted by Crippen LogP contribution is 2.17. The maximum absolute atomic E-state index is 11.9. The maximum atomic E-state index is 11.9. The fraction of sp³-hybridized carbons (Fsp3) is 0.222. The minimum Gasteiger partial charge on any atom is -0.464 e. The molecule has 3 rings (SSSR count). The van der Waals surface area contributed by atoms with Crippen LogP contribution in [0.2, 0.25) is 0 Å². The lowest BCUT2D eigenvalue weighted by molar-refractivity contribution is -0.648. The molecule has 0 radical (unpaired) electrons. The van der Waals surface area contributed by atoms with Crippen LogP contribution in [0.25, 0.3) is 11.0 Å². The number of benzene rings is 2. The van der Waals surface area contributed by atoms with Crippen molar-refractivity contribution in [3.05, 3.63) is 60.2 Å². The predicted octanol–water partition coefficient (Wildman–Crippen LogP) is 2.70. The number of carbonyl (C=O) groups is 1. The topological polar surface area (TPSA) is 61.1 Å². The number of rotatable bonds is 5. The van der Waals surface area contributed by atoms with Crippen molar-refractivity contribution in [1.29, 1.82) is 0 Å². The predicted molar refractivity (Wildman–Crippen MR) is 99.0 cm³/mol. The number of imidazole rings is 1. The Morgan fingerprint density at radius 3 is 2.50 bits per heavy atom. The van der Waals surface area contributed by atoms with E-state index in [1.165, 1.54) is 0 Å². The van der Waals surface area contributed by atoms with E-state index in [9.17, 15) is 4.79 Å². The molecule has 0 spiro atoms. The van der Waals surface area contributed by atoms with E-state index in [2.05, 4.69) is 12.1 Å². The summed E-state index contributed by atoms with van der Waals surface area (Å²) in [5, 5.41) is 0. The Kier molecular flexibility index (Phi) is 5.98. The third kappa shape index (κ3) is 3.59. The summed E-state index contributed by atoms with van der Waals surface area (Å²) in [6.07, 6.45) is 0. The molecular weight excluding hydrogens is 370 g/mol. The normalized spacial score (nSPS) is 10.4. The first-order valence-corrected chi connectivity index (χ1v) is 7.66. The van der Waals surface area contributed by atoms with E-state index < -0.39 is 0 Å². The highest BCUT2D eigenvalue weighted by Gasteiger charge is 2.23. The van der Waals surface area contributed by atoms with E-state index >= 15 is 0 Å². The summed E-state index contributed by atoms with van der Waals surface area (Å²) in [5.41, 5.74) is 9.41. The summed E-state index contributed by atoms with van der Waals surface area (Å²) in [4.78, 5) is 11.9. The molecule has 0 aliphatic carbocycles. The van der Waals surface area contributed by atoms with Gasteiger partial charge in [-0.25, -0.2) is 13.9 Å². The van der Waals surface area contributed by atoms with Crippen LogP contribution in [-0.2, 0) is 22.6 Å². The van der Waals surface area contributed by atoms with E-state index in [0.29, 0.717) is 19.1 Å². The fourth-order valence-electron chi connectivity index (χ4n) is 2.75. The molecule has 3 aromatic rings. The average Bonchev–Trinajstić information content (AvgIpc) is 2.82. The Balaban J connectivity index is 0.00000208. The lowest BCUT2D eigenvalue weighted by Gasteiger charge is -2.03. The quantitative estimate of drug-likeness (QED) is 0.538. The second kappa shape index (κ2) is 7.97. The number of ether oxygens (including phenoxy) is 1. The van der Waals surface area contributed by atoms with E-state index in [1.54, 1.807) is 11.5 Å². The molecule has 0 aliphatic rings. The number of nitrogens with zero attached hydrogens (tertiary/aromatic N) is 2. The maximum Gasteiger partial charge on any atom is 0.356 e. The molecule has 1 heterocycles. The lowest BCUT2D eigenvalue weighted by atomic mass is 10.2. The van der Waals surface area contributed by atoms with Crippen molar-refractivity contribution >= 4 is 39.9 Å². The van der Waals surface area contributed by atoms with Crippen LogP contribution in [0.1, 0.15) is 12.5 Å². The number of aromatic nitrogens is 2. The minimum atomic E-state index is -0.285. The minimum absolute atomic E-state index is 0. The van der Waals surface area contributed by atoms with Gasteiger partial charge in [0.2, 0.25) is 0 Å². The van der Waals surface area contributed by atoms with Crippen molar-refractivity contribution in [2.75, 3.05) is 12.3 Å². The number of anilines is 1. The second-order valence-electron chi connectivity index (χ2n) is 5.31. The molecule has 0 saturated heterocycles. The third-order valence-corrected chi connectivity index (χ3v) is 3.79. The van der Waals surface area contributed by atoms with E-state index in [0.717, 1.165) is 16.6 Å². The number of carbonyl (C=O) groups excluding carboxylic acids is 1. The first-order chi connectivity index (χ1) is 11.2. The Morgan fingerprint density at radius 2 is 1.79 bits per heavy atom. The van der Waals surface area contributed by atoms with Gasteiger partial charge in [0, 0.05) is 0 Å². The summed E-state index contributed by atoms with van der Waals surface area (Å²) in [7, 11) is 0. The van der Waals surface area contributed by atoms with E-state index in [4.69, 9.17) is 10.5 Å². The van der Waals surface area contributed by atoms with Gasteiger partial charge in [0.05, 0.1) is 13.2 Å². The SMILES string of the molecule is Br.CCOC(=O)Cn1c(N)[n+](Cc2ccccc2)c2ccccc21. The highest BCUT2D eigenvalue weighted by molar-refractivity contribution is 8.93. The van der Waals surface area contributed by atoms with E-state index in [1.807, 2.05) is 47.0 Å². The van der Waals surface area contributed by atoms with Gasteiger partial charge in [0.1, 0.15) is 11.0 Å². The van der Waals surface area contributed by atoms with Crippen molar-refractivity contribution in [3.63, 3.8) is 0 Å². The Morgan fingerprint density at radius 1 is 1.12 bits per heavy atom. The molecule has 0 unspecified atom stereocenters. The molecule has 2 N–H and O–H groups in total. The zero-order chi connectivity index (χ0) is 16.2. The molecule has 0 saturated carbocycles. The number of fused-ring (bicyclic) bond motifs is 1. The smallest absolute Gasteiger partial charge is 0.356 e. The van der Waals surface area contributed by atoms with Gasteiger partial charge in [0.25, 0.3) is 0 Å². The Labute approximate surface area is 151 Å². The zero-order valence-electron chi connectivity index (χ0n) is 13.5. The van der Waals surface area contributed by atoms with E-state index in [-0.39, 0.29) is 29.5 Å². The van der Waals surface area contributed by atoms with Gasteiger partial charge in [0.15, 0.2) is 6.54 Å². The van der Waals surface area contributed by atoms with Crippen LogP contribution >= 0.6 is 17.0 Å². The summed E-state index contributed by atoms with van der Waals surface area (Å²) in [6.45, 7) is 2.93. The molecule has 0 amide bonds. The number of para-hydroxylation sites is 2. The van der Waals surface area contributed by atoms with Crippen LogP contribution in [0.5, 0.6) is 0 Å². The van der Waals surface area contributed by atoms with Crippen molar-refractivity contribution < 1.29 is 14.1 Å². The van der Waals surface area contributed by atoms with Crippen LogP contribution in [0.4, 0.5) is 5.95 Å². The van der Waals surface area contributed by atoms with Crippen LogP contribution in [0, 0.1) is 0 Å². The first kappa shape index (κ1) is 18.0. The van der Waals surface area contributed by atoms with Crippen molar-refractivity contribution in [2.45, 2.75) is 20.0 Å². The van der Waals surface area contributed by atoms with Crippen LogP contribution in [0.3, 0.4) is 0 Å². The molecule has 126 valence electrons. The summed E-state index contributed by atoms with van der Waals surface area (Å²) in [6, 6.07) is 18.0. The largest absolute Gasteiger partial charge is 0.464 e. The number of esters is 1. The van der Waals surface area contributed by atoms with Crippen molar-refractivity contribution in [2.24, 2.45) is 0 Å². The average molecular weight is 391 g/mol. The third-order valence-electron chi connectivity index (χ3n) is 3.79. The molecule has 5 nitrogen and oxygen atoms in total. The standard InChI is InChI=1S/C18H19N3O2.BrH/c1-2-23-17(22)13-21-16-11-7-6-10-15(16)20(18(21)19)12-14-8-4-3-5-9-14;/h3-11,19H,2,12-13H2,1H3;1H/p+1. The molecule has 24 heavy (non-hydrogen) atoms. The number of halogens is 1. The Bertz CT molecular complexity index is 831. The molecule has 0 bridgehead atoms. The van der Waals surface area contributed by atoms with Gasteiger partial charge < -0.3 is 4.74 Å². The molecule has 0 fully saturated rings. The van der Waals surface area contributed by atoms with Gasteiger partial charge in [-0.05, 0) is 24.6 Å². The summed E-state index contributed by atoms with van der Waals surface area (Å²) < 4.78 is 8.87. The van der Waals surface area contributed by atoms with Gasteiger partial charge in [-0.15, -0.1) is 17.0 Å². The Hall–Kier alpha value is -2.34.